The molecule has 2 saturated heterocycles. The zero-order chi connectivity index (χ0) is 30.6. The molecule has 1 N–H and O–H groups in total. The average Bonchev–Trinajstić information content (AvgIpc) is 3.03. The quantitative estimate of drug-likeness (QED) is 0.339. The average molecular weight is 732 g/mol. The zero-order valence-electron chi connectivity index (χ0n) is 24.9. The number of carboxylic acids is 1. The van der Waals surface area contributed by atoms with Crippen molar-refractivity contribution in [3.63, 3.8) is 0 Å². The third kappa shape index (κ3) is 7.55. The molecule has 0 aliphatic carbocycles. The first-order chi connectivity index (χ1) is 21.3. The van der Waals surface area contributed by atoms with E-state index in [-0.39, 0.29) is 33.6 Å². The van der Waals surface area contributed by atoms with E-state index < -0.39 is 5.97 Å². The molecular formula is C34H38ClFIN4O3-. The van der Waals surface area contributed by atoms with Crippen molar-refractivity contribution in [1.29, 1.82) is 0 Å². The van der Waals surface area contributed by atoms with Gasteiger partial charge in [-0.2, -0.15) is 0 Å². The maximum atomic E-state index is 14.2. The standard InChI is InChI=1S/C34H38ClFIN4O3/c1-39-13-9-23(10-14-39)20-41-28(19-37-30-8-6-25(34(42)43)17-32(30)41)21-40-15-11-24(12-16-40)31-3-2-4-33(38-31)44-22-26-5-7-27(35)18-29(26)36/h2-8,17-19,23-24H,9-16,20-22H2,1H3,(H,42,43)/q-1. The Morgan fingerprint density at radius 3 is 2.61 bits per heavy atom. The van der Waals surface area contributed by atoms with Crippen molar-refractivity contribution >= 4 is 23.3 Å². The Balaban J connectivity index is 1.09. The van der Waals surface area contributed by atoms with Crippen LogP contribution in [0.3, 0.4) is 0 Å². The van der Waals surface area contributed by atoms with Crippen LogP contribution in [-0.2, 0) is 6.61 Å². The molecule has 6 rings (SSSR count). The number of pyridine rings is 1. The topological polar surface area (TPSA) is 69.1 Å². The van der Waals surface area contributed by atoms with Gasteiger partial charge in [-0.25, -0.2) is 4.39 Å². The molecule has 0 saturated carbocycles. The fourth-order valence-electron chi connectivity index (χ4n) is 6.26. The molecule has 44 heavy (non-hydrogen) atoms. The molecular weight excluding hydrogens is 694 g/mol. The van der Waals surface area contributed by atoms with Crippen molar-refractivity contribution in [3.05, 3.63) is 95.6 Å². The number of carbonyl (C=O) groups is 1. The Labute approximate surface area is 273 Å². The Morgan fingerprint density at radius 2 is 1.86 bits per heavy atom. The van der Waals surface area contributed by atoms with Gasteiger partial charge in [0.05, 0.1) is 0 Å². The van der Waals surface area contributed by atoms with E-state index in [1.54, 1.807) is 18.2 Å². The van der Waals surface area contributed by atoms with E-state index in [1.165, 1.54) is 28.2 Å². The third-order valence-electron chi connectivity index (χ3n) is 8.93. The van der Waals surface area contributed by atoms with Crippen molar-refractivity contribution in [2.24, 2.45) is 5.92 Å². The summed E-state index contributed by atoms with van der Waals surface area (Å²) in [5, 5.41) is 10.1. The second kappa shape index (κ2) is 14.1. The Bertz CT molecular complexity index is 1520. The van der Waals surface area contributed by atoms with E-state index >= 15 is 0 Å². The second-order valence-electron chi connectivity index (χ2n) is 12.0. The van der Waals surface area contributed by atoms with E-state index in [2.05, 4.69) is 31.9 Å². The molecule has 0 amide bonds. The van der Waals surface area contributed by atoms with Crippen LogP contribution >= 0.6 is 11.6 Å². The fraction of sp³-hybridized carbons (Fsp3) is 0.412. The number of halogens is 3. The van der Waals surface area contributed by atoms with E-state index in [9.17, 15) is 14.3 Å². The summed E-state index contributed by atoms with van der Waals surface area (Å²) in [4.78, 5) is 24.0. The van der Waals surface area contributed by atoms with Crippen LogP contribution in [0.25, 0.3) is 0 Å². The molecule has 2 aromatic carbocycles. The summed E-state index contributed by atoms with van der Waals surface area (Å²) >= 11 is 5.55. The van der Waals surface area contributed by atoms with Crippen molar-refractivity contribution in [1.82, 2.24) is 14.8 Å². The number of rotatable bonds is 9. The molecule has 10 heteroatoms. The SMILES string of the molecule is CN1CCC(CN2C(CN3CCC(c4cccc(OCc5ccc(Cl)cc5F)n4)CC3)=C[I-]c3ccc(C(=O)O)cc32)CC1. The van der Waals surface area contributed by atoms with Crippen LogP contribution in [-0.4, -0.2) is 72.2 Å². The summed E-state index contributed by atoms with van der Waals surface area (Å²) in [6.07, 6.45) is 4.33. The van der Waals surface area contributed by atoms with Gasteiger partial charge in [-0.3, -0.25) is 0 Å². The van der Waals surface area contributed by atoms with Crippen LogP contribution in [0.4, 0.5) is 10.1 Å². The second-order valence-corrected chi connectivity index (χ2v) is 14.9. The Hall–Kier alpha value is -2.73. The minimum absolute atomic E-state index is 0.0980. The molecule has 3 aliphatic rings. The third-order valence-corrected chi connectivity index (χ3v) is 11.8. The van der Waals surface area contributed by atoms with Gasteiger partial charge in [0.15, 0.2) is 0 Å². The summed E-state index contributed by atoms with van der Waals surface area (Å²) in [7, 11) is 2.19. The number of aromatic nitrogens is 1. The van der Waals surface area contributed by atoms with Crippen LogP contribution in [0.2, 0.25) is 5.02 Å². The number of nitrogens with zero attached hydrogens (tertiary/aromatic N) is 4. The fourth-order valence-corrected chi connectivity index (χ4v) is 8.80. The number of hydrogen-bond acceptors (Lipinski definition) is 6. The van der Waals surface area contributed by atoms with Gasteiger partial charge in [0.2, 0.25) is 0 Å². The first-order valence-electron chi connectivity index (χ1n) is 15.2. The predicted molar refractivity (Wildman–Crippen MR) is 166 cm³/mol. The van der Waals surface area contributed by atoms with Crippen molar-refractivity contribution < 1.29 is 40.2 Å². The van der Waals surface area contributed by atoms with Gasteiger partial charge in [-0.05, 0) is 12.1 Å². The van der Waals surface area contributed by atoms with Crippen LogP contribution < -0.4 is 30.8 Å². The maximum absolute atomic E-state index is 14.2. The Kier molecular flexibility index (Phi) is 10.0. The number of carboxylic acid groups (broad SMARTS) is 1. The predicted octanol–water partition coefficient (Wildman–Crippen LogP) is 3.29. The molecule has 4 heterocycles. The van der Waals surface area contributed by atoms with Gasteiger partial charge < -0.3 is 0 Å². The molecule has 0 unspecified atom stereocenters. The van der Waals surface area contributed by atoms with Gasteiger partial charge >= 0.3 is 225 Å². The van der Waals surface area contributed by atoms with Gasteiger partial charge in [-0.15, -0.1) is 0 Å². The molecule has 0 radical (unpaired) electrons. The summed E-state index contributed by atoms with van der Waals surface area (Å²) in [5.41, 5.74) is 4.25. The van der Waals surface area contributed by atoms with E-state index in [4.69, 9.17) is 21.3 Å². The molecule has 3 aromatic rings. The number of hydrogen-bond donors (Lipinski definition) is 1. The molecule has 234 valence electrons. The summed E-state index contributed by atoms with van der Waals surface area (Å²) in [5.74, 6) is 0.175. The number of piperidine rings is 2. The van der Waals surface area contributed by atoms with Crippen LogP contribution in [0.1, 0.15) is 53.2 Å². The molecule has 1 aromatic heterocycles. The van der Waals surface area contributed by atoms with Gasteiger partial charge in [0, 0.05) is 10.6 Å². The number of likely N-dealkylation sites (tertiary alicyclic amines) is 2. The van der Waals surface area contributed by atoms with Gasteiger partial charge in [0.1, 0.15) is 5.82 Å². The van der Waals surface area contributed by atoms with Gasteiger partial charge in [0.25, 0.3) is 0 Å². The van der Waals surface area contributed by atoms with Gasteiger partial charge in [-0.1, -0.05) is 17.7 Å². The van der Waals surface area contributed by atoms with E-state index in [1.807, 2.05) is 24.3 Å². The summed E-state index contributed by atoms with van der Waals surface area (Å²) in [6.45, 7) is 6.06. The number of benzene rings is 2. The van der Waals surface area contributed by atoms with Crippen molar-refractivity contribution in [2.45, 2.75) is 38.2 Å². The monoisotopic (exact) mass is 731 g/mol. The Morgan fingerprint density at radius 1 is 1.07 bits per heavy atom. The number of anilines is 1. The van der Waals surface area contributed by atoms with Crippen molar-refractivity contribution in [2.75, 3.05) is 51.2 Å². The van der Waals surface area contributed by atoms with Crippen LogP contribution in [0.5, 0.6) is 5.88 Å². The molecule has 0 spiro atoms. The van der Waals surface area contributed by atoms with Crippen LogP contribution in [0.15, 0.2) is 64.4 Å². The number of fused-ring (bicyclic) bond motifs is 1. The molecule has 0 atom stereocenters. The summed E-state index contributed by atoms with van der Waals surface area (Å²) in [6, 6.07) is 16.1. The van der Waals surface area contributed by atoms with Crippen molar-refractivity contribution in [3.8, 4) is 5.88 Å². The normalized spacial score (nSPS) is 18.8. The van der Waals surface area contributed by atoms with E-state index in [0.29, 0.717) is 33.9 Å². The molecule has 7 nitrogen and oxygen atoms in total. The van der Waals surface area contributed by atoms with Crippen LogP contribution in [0, 0.1) is 15.3 Å². The molecule has 2 fully saturated rings. The minimum atomic E-state index is -0.872. The van der Waals surface area contributed by atoms with E-state index in [0.717, 1.165) is 63.5 Å². The molecule has 0 bridgehead atoms. The zero-order valence-corrected chi connectivity index (χ0v) is 27.8. The molecule has 3 aliphatic heterocycles. The first kappa shape index (κ1) is 31.3. The first-order valence-corrected chi connectivity index (χ1v) is 17.9. The number of aromatic carboxylic acids is 1. The number of ether oxygens (including phenoxy) is 1. The summed E-state index contributed by atoms with van der Waals surface area (Å²) < 4.78 is 23.8.